The van der Waals surface area contributed by atoms with Gasteiger partial charge in [0, 0.05) is 18.8 Å². The highest BCUT2D eigenvalue weighted by molar-refractivity contribution is 6.36. The second-order valence-corrected chi connectivity index (χ2v) is 8.64. The number of nitrogens with one attached hydrogen (secondary N) is 1. The van der Waals surface area contributed by atoms with E-state index < -0.39 is 0 Å². The predicted molar refractivity (Wildman–Crippen MR) is 131 cm³/mol. The number of carbonyl (C=O) groups excluding carboxylic acids is 2. The lowest BCUT2D eigenvalue weighted by atomic mass is 10.0. The molecule has 176 valence electrons. The summed E-state index contributed by atoms with van der Waals surface area (Å²) in [5, 5.41) is 3.22. The van der Waals surface area contributed by atoms with Gasteiger partial charge < -0.3 is 14.8 Å². The lowest BCUT2D eigenvalue weighted by molar-refractivity contribution is -0.137. The summed E-state index contributed by atoms with van der Waals surface area (Å²) in [6.07, 6.45) is 0.696. The minimum absolute atomic E-state index is 0.110. The highest BCUT2D eigenvalue weighted by Crippen LogP contribution is 2.32. The molecule has 2 amide bonds. The fourth-order valence-corrected chi connectivity index (χ4v) is 3.68. The van der Waals surface area contributed by atoms with Crippen LogP contribution in [0.1, 0.15) is 58.1 Å². The van der Waals surface area contributed by atoms with Gasteiger partial charge in [0.2, 0.25) is 0 Å². The molecule has 0 saturated carbocycles. The second-order valence-electron chi connectivity index (χ2n) is 8.64. The number of hydrogen-bond donors (Lipinski definition) is 1. The molecule has 6 heteroatoms. The maximum absolute atomic E-state index is 13.3. The van der Waals surface area contributed by atoms with Crippen LogP contribution in [0.15, 0.2) is 54.2 Å². The molecule has 0 bridgehead atoms. The van der Waals surface area contributed by atoms with Gasteiger partial charge in [0.05, 0.1) is 18.3 Å². The number of anilines is 1. The average Bonchev–Trinajstić information content (AvgIpc) is 3.01. The SMILES string of the molecule is CCOc1ccc(C2=C(Nc3ccc(C(C)C)cc3)C(=O)N(CCCOC(C)C)C2=O)cc1. The van der Waals surface area contributed by atoms with E-state index in [0.717, 1.165) is 11.4 Å². The van der Waals surface area contributed by atoms with Gasteiger partial charge in [0.15, 0.2) is 0 Å². The van der Waals surface area contributed by atoms with Crippen molar-refractivity contribution in [1.82, 2.24) is 4.90 Å². The van der Waals surface area contributed by atoms with Crippen molar-refractivity contribution >= 4 is 23.1 Å². The molecule has 2 aromatic rings. The zero-order valence-corrected chi connectivity index (χ0v) is 20.2. The van der Waals surface area contributed by atoms with Crippen LogP contribution in [0, 0.1) is 0 Å². The van der Waals surface area contributed by atoms with Crippen LogP contribution in [0.25, 0.3) is 5.57 Å². The Bertz CT molecular complexity index is 992. The summed E-state index contributed by atoms with van der Waals surface area (Å²) in [5.74, 6) is 0.521. The van der Waals surface area contributed by atoms with E-state index >= 15 is 0 Å². The van der Waals surface area contributed by atoms with Gasteiger partial charge >= 0.3 is 0 Å². The molecule has 3 rings (SSSR count). The smallest absolute Gasteiger partial charge is 0.278 e. The largest absolute Gasteiger partial charge is 0.494 e. The molecule has 0 saturated heterocycles. The molecule has 0 aromatic heterocycles. The minimum atomic E-state index is -0.318. The van der Waals surface area contributed by atoms with Gasteiger partial charge in [0.25, 0.3) is 11.8 Å². The van der Waals surface area contributed by atoms with Gasteiger partial charge in [-0.2, -0.15) is 0 Å². The Labute approximate surface area is 196 Å². The van der Waals surface area contributed by atoms with Crippen LogP contribution in [0.4, 0.5) is 5.69 Å². The summed E-state index contributed by atoms with van der Waals surface area (Å²) in [4.78, 5) is 27.9. The first-order chi connectivity index (χ1) is 15.8. The Morgan fingerprint density at radius 2 is 1.58 bits per heavy atom. The Kier molecular flexibility index (Phi) is 8.28. The Hall–Kier alpha value is -3.12. The normalized spacial score (nSPS) is 14.1. The van der Waals surface area contributed by atoms with Gasteiger partial charge in [-0.05, 0) is 68.5 Å². The van der Waals surface area contributed by atoms with Crippen molar-refractivity contribution in [3.05, 3.63) is 65.4 Å². The van der Waals surface area contributed by atoms with Crippen LogP contribution in [-0.2, 0) is 14.3 Å². The van der Waals surface area contributed by atoms with Crippen molar-refractivity contribution in [3.63, 3.8) is 0 Å². The molecule has 1 aliphatic heterocycles. The number of hydrogen-bond acceptors (Lipinski definition) is 5. The second kappa shape index (κ2) is 11.1. The van der Waals surface area contributed by atoms with Crippen molar-refractivity contribution in [1.29, 1.82) is 0 Å². The van der Waals surface area contributed by atoms with E-state index in [0.29, 0.717) is 48.9 Å². The van der Waals surface area contributed by atoms with Crippen LogP contribution in [0.2, 0.25) is 0 Å². The summed E-state index contributed by atoms with van der Waals surface area (Å²) >= 11 is 0. The average molecular weight is 451 g/mol. The Balaban J connectivity index is 1.89. The molecule has 0 spiro atoms. The summed E-state index contributed by atoms with van der Waals surface area (Å²) < 4.78 is 11.1. The van der Waals surface area contributed by atoms with E-state index in [1.165, 1.54) is 10.5 Å². The molecule has 1 heterocycles. The summed E-state index contributed by atoms with van der Waals surface area (Å²) in [6, 6.07) is 15.2. The van der Waals surface area contributed by atoms with E-state index in [1.807, 2.05) is 69.3 Å². The van der Waals surface area contributed by atoms with E-state index in [2.05, 4.69) is 19.2 Å². The van der Waals surface area contributed by atoms with Crippen LogP contribution >= 0.6 is 0 Å². The van der Waals surface area contributed by atoms with Crippen molar-refractivity contribution < 1.29 is 19.1 Å². The van der Waals surface area contributed by atoms with E-state index in [9.17, 15) is 9.59 Å². The molecular formula is C27H34N2O4. The number of imide groups is 1. The maximum Gasteiger partial charge on any atom is 0.278 e. The van der Waals surface area contributed by atoms with Crippen molar-refractivity contribution in [3.8, 4) is 5.75 Å². The van der Waals surface area contributed by atoms with Gasteiger partial charge in [-0.1, -0.05) is 38.1 Å². The van der Waals surface area contributed by atoms with Gasteiger partial charge in [-0.15, -0.1) is 0 Å². The third-order valence-corrected chi connectivity index (χ3v) is 5.45. The molecule has 0 fully saturated rings. The highest BCUT2D eigenvalue weighted by Gasteiger charge is 2.38. The monoisotopic (exact) mass is 450 g/mol. The van der Waals surface area contributed by atoms with Gasteiger partial charge in [-0.3, -0.25) is 14.5 Å². The van der Waals surface area contributed by atoms with Gasteiger partial charge in [0.1, 0.15) is 11.4 Å². The van der Waals surface area contributed by atoms with Gasteiger partial charge in [-0.25, -0.2) is 0 Å². The predicted octanol–water partition coefficient (Wildman–Crippen LogP) is 5.22. The van der Waals surface area contributed by atoms with E-state index in [1.54, 1.807) is 0 Å². The molecular weight excluding hydrogens is 416 g/mol. The zero-order valence-electron chi connectivity index (χ0n) is 20.2. The number of rotatable bonds is 11. The molecule has 1 aliphatic rings. The summed E-state index contributed by atoms with van der Waals surface area (Å²) in [7, 11) is 0. The van der Waals surface area contributed by atoms with Crippen LogP contribution in [0.3, 0.4) is 0 Å². The maximum atomic E-state index is 13.3. The van der Waals surface area contributed by atoms with Crippen molar-refractivity contribution in [2.24, 2.45) is 0 Å². The number of nitrogens with zero attached hydrogens (tertiary/aromatic N) is 1. The van der Waals surface area contributed by atoms with Crippen LogP contribution in [-0.4, -0.2) is 42.6 Å². The molecule has 0 radical (unpaired) electrons. The third kappa shape index (κ3) is 6.02. The first-order valence-corrected chi connectivity index (χ1v) is 11.6. The molecule has 1 N–H and O–H groups in total. The number of amides is 2. The molecule has 6 nitrogen and oxygen atoms in total. The summed E-state index contributed by atoms with van der Waals surface area (Å²) in [5.41, 5.74) is 3.33. The fourth-order valence-electron chi connectivity index (χ4n) is 3.68. The molecule has 2 aromatic carbocycles. The standard InChI is InChI=1S/C27H34N2O4/c1-6-32-23-14-10-21(11-15-23)24-25(28-22-12-8-20(9-13-22)18(2)3)27(31)29(26(24)30)16-7-17-33-19(4)5/h8-15,18-19,28H,6-7,16-17H2,1-5H3. The Morgan fingerprint density at radius 3 is 2.15 bits per heavy atom. The molecule has 0 atom stereocenters. The lowest BCUT2D eigenvalue weighted by Crippen LogP contribution is -2.34. The molecule has 33 heavy (non-hydrogen) atoms. The highest BCUT2D eigenvalue weighted by atomic mass is 16.5. The van der Waals surface area contributed by atoms with Crippen LogP contribution in [0.5, 0.6) is 5.75 Å². The van der Waals surface area contributed by atoms with Crippen molar-refractivity contribution in [2.75, 3.05) is 25.1 Å². The third-order valence-electron chi connectivity index (χ3n) is 5.45. The summed E-state index contributed by atoms with van der Waals surface area (Å²) in [6.45, 7) is 11.5. The first kappa shape index (κ1) is 24.5. The number of ether oxygens (including phenoxy) is 2. The number of carbonyl (C=O) groups is 2. The number of benzene rings is 2. The first-order valence-electron chi connectivity index (χ1n) is 11.6. The molecule has 0 aliphatic carbocycles. The topological polar surface area (TPSA) is 67.9 Å². The quantitative estimate of drug-likeness (QED) is 0.376. The fraction of sp³-hybridized carbons (Fsp3) is 0.407. The zero-order chi connectivity index (χ0) is 24.0. The van der Waals surface area contributed by atoms with E-state index in [-0.39, 0.29) is 17.9 Å². The van der Waals surface area contributed by atoms with Crippen LogP contribution < -0.4 is 10.1 Å². The molecule has 0 unspecified atom stereocenters. The lowest BCUT2D eigenvalue weighted by Gasteiger charge is -2.16. The minimum Gasteiger partial charge on any atom is -0.494 e. The van der Waals surface area contributed by atoms with E-state index in [4.69, 9.17) is 9.47 Å². The van der Waals surface area contributed by atoms with Crippen molar-refractivity contribution in [2.45, 2.75) is 53.1 Å². The Morgan fingerprint density at radius 1 is 0.909 bits per heavy atom.